The minimum Gasteiger partial charge on any atom is -0.504 e. The average Bonchev–Trinajstić information content (AvgIpc) is 2.62. The van der Waals surface area contributed by atoms with E-state index < -0.39 is 17.7 Å². The smallest absolute Gasteiger partial charge is 0.374 e. The fraction of sp³-hybridized carbons (Fsp3) is 0.158. The summed E-state index contributed by atoms with van der Waals surface area (Å²) in [6.07, 6.45) is 4.04. The molecule has 0 fully saturated rings. The third-order valence-corrected chi connectivity index (χ3v) is 4.13. The lowest BCUT2D eigenvalue weighted by Gasteiger charge is -2.29. The highest BCUT2D eigenvalue weighted by Crippen LogP contribution is 2.31. The number of aliphatic hydroxyl groups is 1. The molecule has 2 aliphatic rings. The molecular formula is C19H14O7. The van der Waals surface area contributed by atoms with Crippen LogP contribution in [0.1, 0.15) is 0 Å². The lowest BCUT2D eigenvalue weighted by molar-refractivity contribution is -0.147. The zero-order chi connectivity index (χ0) is 18.3. The van der Waals surface area contributed by atoms with E-state index in [1.54, 1.807) is 30.4 Å². The highest BCUT2D eigenvalue weighted by Gasteiger charge is 2.34. The number of hydrogen-bond donors (Lipinski definition) is 1. The van der Waals surface area contributed by atoms with Crippen LogP contribution in [0.15, 0.2) is 75.0 Å². The highest BCUT2D eigenvalue weighted by molar-refractivity contribution is 5.88. The molecule has 26 heavy (non-hydrogen) atoms. The van der Waals surface area contributed by atoms with Crippen molar-refractivity contribution in [3.05, 3.63) is 76.3 Å². The van der Waals surface area contributed by atoms with Gasteiger partial charge in [0, 0.05) is 29.5 Å². The summed E-state index contributed by atoms with van der Waals surface area (Å²) in [6, 6.07) is 7.87. The number of esters is 1. The Morgan fingerprint density at radius 1 is 1.04 bits per heavy atom. The normalized spacial score (nSPS) is 21.9. The molecule has 132 valence electrons. The number of fused-ring (bicyclic) bond motifs is 2. The second kappa shape index (κ2) is 6.11. The maximum absolute atomic E-state index is 12.2. The summed E-state index contributed by atoms with van der Waals surface area (Å²) in [5, 5.41) is 10.5. The topological polar surface area (TPSA) is 95.2 Å². The number of methoxy groups -OCH3 is 1. The molecule has 0 amide bonds. The van der Waals surface area contributed by atoms with Crippen LogP contribution in [-0.2, 0) is 14.3 Å². The first-order chi connectivity index (χ1) is 12.5. The van der Waals surface area contributed by atoms with Gasteiger partial charge in [-0.15, -0.1) is 0 Å². The van der Waals surface area contributed by atoms with E-state index in [0.29, 0.717) is 17.1 Å². The van der Waals surface area contributed by atoms with Gasteiger partial charge in [-0.1, -0.05) is 0 Å². The molecule has 1 aromatic heterocycles. The standard InChI is InChI=1S/C19H14O7/c1-23-16-6-11-7-17(19(22)26-15(11)9-13(16)20)24-12-4-2-10-3-5-18(21)25-14(10)8-12/h2-9,11,15,20H,1H3/t11-,15+/m1/s1. The summed E-state index contributed by atoms with van der Waals surface area (Å²) in [5.41, 5.74) is -0.121. The molecule has 2 atom stereocenters. The molecule has 0 radical (unpaired) electrons. The molecule has 1 aliphatic heterocycles. The van der Waals surface area contributed by atoms with E-state index in [-0.39, 0.29) is 17.4 Å². The molecule has 1 aromatic carbocycles. The lowest BCUT2D eigenvalue weighted by atomic mass is 9.93. The summed E-state index contributed by atoms with van der Waals surface area (Å²) in [4.78, 5) is 23.5. The zero-order valence-electron chi connectivity index (χ0n) is 13.7. The zero-order valence-corrected chi connectivity index (χ0v) is 13.7. The number of ether oxygens (including phenoxy) is 3. The number of carbonyl (C=O) groups is 1. The van der Waals surface area contributed by atoms with Crippen LogP contribution in [0.3, 0.4) is 0 Å². The summed E-state index contributed by atoms with van der Waals surface area (Å²) < 4.78 is 21.1. The van der Waals surface area contributed by atoms with Crippen LogP contribution in [0.5, 0.6) is 5.75 Å². The molecule has 0 spiro atoms. The van der Waals surface area contributed by atoms with Crippen LogP contribution in [0.2, 0.25) is 0 Å². The second-order valence-electron chi connectivity index (χ2n) is 5.82. The lowest BCUT2D eigenvalue weighted by Crippen LogP contribution is -2.33. The largest absolute Gasteiger partial charge is 0.504 e. The second-order valence-corrected chi connectivity index (χ2v) is 5.82. The van der Waals surface area contributed by atoms with E-state index in [9.17, 15) is 14.7 Å². The van der Waals surface area contributed by atoms with Gasteiger partial charge in [-0.2, -0.15) is 0 Å². The van der Waals surface area contributed by atoms with Gasteiger partial charge in [0.05, 0.1) is 7.11 Å². The number of rotatable bonds is 3. The molecule has 2 aromatic rings. The van der Waals surface area contributed by atoms with Crippen molar-refractivity contribution in [3.63, 3.8) is 0 Å². The molecule has 2 heterocycles. The van der Waals surface area contributed by atoms with Crippen molar-refractivity contribution in [2.45, 2.75) is 6.10 Å². The van der Waals surface area contributed by atoms with Gasteiger partial charge in [-0.3, -0.25) is 0 Å². The van der Waals surface area contributed by atoms with Crippen molar-refractivity contribution in [2.75, 3.05) is 7.11 Å². The van der Waals surface area contributed by atoms with Crippen LogP contribution >= 0.6 is 0 Å². The molecule has 1 N–H and O–H groups in total. The number of aliphatic hydroxyl groups excluding tert-OH is 1. The van der Waals surface area contributed by atoms with Gasteiger partial charge < -0.3 is 23.7 Å². The Morgan fingerprint density at radius 3 is 2.62 bits per heavy atom. The van der Waals surface area contributed by atoms with E-state index in [1.807, 2.05) is 0 Å². The summed E-state index contributed by atoms with van der Waals surface area (Å²) >= 11 is 0. The number of carbonyl (C=O) groups excluding carboxylic acids is 1. The fourth-order valence-corrected chi connectivity index (χ4v) is 2.86. The maximum atomic E-state index is 12.2. The quantitative estimate of drug-likeness (QED) is 0.668. The molecule has 7 heteroatoms. The third-order valence-electron chi connectivity index (χ3n) is 4.13. The van der Waals surface area contributed by atoms with Gasteiger partial charge in [0.25, 0.3) is 0 Å². The average molecular weight is 354 g/mol. The predicted octanol–water partition coefficient (Wildman–Crippen LogP) is 2.58. The minimum absolute atomic E-state index is 0.00497. The first kappa shape index (κ1) is 16.0. The summed E-state index contributed by atoms with van der Waals surface area (Å²) in [5.74, 6) is -0.425. The molecule has 0 saturated heterocycles. The molecule has 0 bridgehead atoms. The van der Waals surface area contributed by atoms with E-state index in [2.05, 4.69) is 0 Å². The molecule has 4 rings (SSSR count). The van der Waals surface area contributed by atoms with Crippen LogP contribution in [-0.4, -0.2) is 24.3 Å². The molecular weight excluding hydrogens is 340 g/mol. The Kier molecular flexibility index (Phi) is 3.76. The van der Waals surface area contributed by atoms with Gasteiger partial charge in [0.2, 0.25) is 5.76 Å². The van der Waals surface area contributed by atoms with Gasteiger partial charge in [-0.25, -0.2) is 9.59 Å². The van der Waals surface area contributed by atoms with Crippen LogP contribution < -0.4 is 10.4 Å². The highest BCUT2D eigenvalue weighted by atomic mass is 16.6. The Hall–Kier alpha value is -3.48. The first-order valence-electron chi connectivity index (χ1n) is 7.85. The van der Waals surface area contributed by atoms with E-state index >= 15 is 0 Å². The molecule has 1 aliphatic carbocycles. The Labute approximate surface area is 147 Å². The number of hydrogen-bond acceptors (Lipinski definition) is 7. The van der Waals surface area contributed by atoms with Gasteiger partial charge in [0.15, 0.2) is 11.5 Å². The van der Waals surface area contributed by atoms with Crippen molar-refractivity contribution in [1.29, 1.82) is 0 Å². The molecule has 0 saturated carbocycles. The molecule has 0 unspecified atom stereocenters. The SMILES string of the molecule is COC1=C[C@@H]2C=C(Oc3ccc4ccc(=O)oc4c3)C(=O)O[C@H]2C=C1O. The van der Waals surface area contributed by atoms with Gasteiger partial charge in [-0.05, 0) is 30.4 Å². The predicted molar refractivity (Wildman–Crippen MR) is 90.4 cm³/mol. The van der Waals surface area contributed by atoms with Crippen molar-refractivity contribution >= 4 is 16.9 Å². The van der Waals surface area contributed by atoms with E-state index in [0.717, 1.165) is 5.39 Å². The maximum Gasteiger partial charge on any atom is 0.374 e. The van der Waals surface area contributed by atoms with Crippen molar-refractivity contribution in [3.8, 4) is 5.75 Å². The Morgan fingerprint density at radius 2 is 1.81 bits per heavy atom. The Balaban J connectivity index is 1.65. The van der Waals surface area contributed by atoms with Crippen molar-refractivity contribution in [1.82, 2.24) is 0 Å². The first-order valence-corrected chi connectivity index (χ1v) is 7.85. The van der Waals surface area contributed by atoms with Gasteiger partial charge >= 0.3 is 11.6 Å². The van der Waals surface area contributed by atoms with Crippen molar-refractivity contribution < 1.29 is 28.5 Å². The summed E-state index contributed by atoms with van der Waals surface area (Å²) in [7, 11) is 1.44. The third kappa shape index (κ3) is 2.83. The van der Waals surface area contributed by atoms with Crippen molar-refractivity contribution in [2.24, 2.45) is 5.92 Å². The van der Waals surface area contributed by atoms with Gasteiger partial charge in [0.1, 0.15) is 17.4 Å². The van der Waals surface area contributed by atoms with Crippen LogP contribution in [0, 0.1) is 5.92 Å². The fourth-order valence-electron chi connectivity index (χ4n) is 2.86. The number of benzene rings is 1. The summed E-state index contributed by atoms with van der Waals surface area (Å²) in [6.45, 7) is 0. The molecule has 7 nitrogen and oxygen atoms in total. The minimum atomic E-state index is -0.654. The monoisotopic (exact) mass is 354 g/mol. The van der Waals surface area contributed by atoms with E-state index in [1.165, 1.54) is 25.3 Å². The van der Waals surface area contributed by atoms with Crippen LogP contribution in [0.25, 0.3) is 11.0 Å². The Bertz CT molecular complexity index is 1040. The van der Waals surface area contributed by atoms with Crippen LogP contribution in [0.4, 0.5) is 0 Å². The van der Waals surface area contributed by atoms with E-state index in [4.69, 9.17) is 18.6 Å².